The topological polar surface area (TPSA) is 76.7 Å². The van der Waals surface area contributed by atoms with Gasteiger partial charge >= 0.3 is 0 Å². The molecule has 0 aromatic heterocycles. The van der Waals surface area contributed by atoms with Crippen LogP contribution in [0.15, 0.2) is 77.7 Å². The third-order valence-electron chi connectivity index (χ3n) is 4.45. The van der Waals surface area contributed by atoms with E-state index in [0.717, 1.165) is 10.5 Å². The van der Waals surface area contributed by atoms with Crippen LogP contribution in [0.3, 0.4) is 0 Å². The van der Waals surface area contributed by atoms with E-state index in [1.165, 1.54) is 32.1 Å². The van der Waals surface area contributed by atoms with E-state index in [1.54, 1.807) is 24.3 Å². The molecule has 0 aliphatic heterocycles. The van der Waals surface area contributed by atoms with Gasteiger partial charge in [-0.2, -0.15) is 0 Å². The lowest BCUT2D eigenvalue weighted by molar-refractivity contribution is -0.114. The fourth-order valence-corrected chi connectivity index (χ4v) is 3.87. The van der Waals surface area contributed by atoms with Crippen LogP contribution >= 0.6 is 23.4 Å². The van der Waals surface area contributed by atoms with Crippen molar-refractivity contribution in [3.63, 3.8) is 0 Å². The van der Waals surface area contributed by atoms with Crippen LogP contribution in [0.1, 0.15) is 5.56 Å². The predicted octanol–water partition coefficient (Wildman–Crippen LogP) is 5.74. The number of rotatable bonds is 9. The van der Waals surface area contributed by atoms with E-state index >= 15 is 0 Å². The number of carbonyl (C=O) groups excluding carboxylic acids is 2. The van der Waals surface area contributed by atoms with E-state index in [4.69, 9.17) is 21.1 Å². The Balaban J connectivity index is 1.56. The van der Waals surface area contributed by atoms with E-state index in [9.17, 15) is 9.59 Å². The highest BCUT2D eigenvalue weighted by Crippen LogP contribution is 2.36. The van der Waals surface area contributed by atoms with Crippen LogP contribution in [0.2, 0.25) is 5.02 Å². The molecule has 3 aromatic rings. The first-order valence-electron chi connectivity index (χ1n) is 9.97. The number of hydrogen-bond donors (Lipinski definition) is 2. The van der Waals surface area contributed by atoms with Crippen LogP contribution in [0.4, 0.5) is 11.4 Å². The Kier molecular flexibility index (Phi) is 8.80. The first-order valence-corrected chi connectivity index (χ1v) is 11.3. The fourth-order valence-electron chi connectivity index (χ4n) is 2.88. The Labute approximate surface area is 201 Å². The first-order chi connectivity index (χ1) is 16.0. The minimum atomic E-state index is -0.234. The van der Waals surface area contributed by atoms with Crippen molar-refractivity contribution in [2.75, 3.05) is 30.6 Å². The van der Waals surface area contributed by atoms with Gasteiger partial charge in [0.15, 0.2) is 0 Å². The van der Waals surface area contributed by atoms with Crippen LogP contribution < -0.4 is 20.1 Å². The minimum Gasteiger partial charge on any atom is -0.495 e. The zero-order valence-corrected chi connectivity index (χ0v) is 19.7. The Bertz CT molecular complexity index is 1150. The van der Waals surface area contributed by atoms with Crippen molar-refractivity contribution in [1.29, 1.82) is 0 Å². The van der Waals surface area contributed by atoms with E-state index in [1.807, 2.05) is 48.5 Å². The summed E-state index contributed by atoms with van der Waals surface area (Å²) in [4.78, 5) is 25.5. The molecule has 0 heterocycles. The molecule has 0 radical (unpaired) electrons. The lowest BCUT2D eigenvalue weighted by atomic mass is 10.2. The van der Waals surface area contributed by atoms with Gasteiger partial charge in [0, 0.05) is 22.7 Å². The Hall–Kier alpha value is -3.42. The minimum absolute atomic E-state index is 0.165. The number of amides is 2. The maximum absolute atomic E-state index is 12.5. The first kappa shape index (κ1) is 24.2. The van der Waals surface area contributed by atoms with E-state index < -0.39 is 0 Å². The zero-order valence-electron chi connectivity index (χ0n) is 18.1. The molecule has 2 amide bonds. The average Bonchev–Trinajstić information content (AvgIpc) is 2.82. The highest BCUT2D eigenvalue weighted by Gasteiger charge is 2.13. The normalized spacial score (nSPS) is 10.6. The van der Waals surface area contributed by atoms with Crippen molar-refractivity contribution in [2.24, 2.45) is 0 Å². The number of benzene rings is 3. The second-order valence-electron chi connectivity index (χ2n) is 6.78. The molecule has 6 nitrogen and oxygen atoms in total. The van der Waals surface area contributed by atoms with Crippen molar-refractivity contribution >= 4 is 52.6 Å². The number of nitrogens with one attached hydrogen (secondary N) is 2. The number of methoxy groups -OCH3 is 2. The van der Waals surface area contributed by atoms with Gasteiger partial charge in [-0.05, 0) is 35.9 Å². The lowest BCUT2D eigenvalue weighted by Gasteiger charge is -2.13. The molecule has 170 valence electrons. The fraction of sp³-hybridized carbons (Fsp3) is 0.120. The van der Waals surface area contributed by atoms with Crippen LogP contribution in [0, 0.1) is 0 Å². The van der Waals surface area contributed by atoms with Gasteiger partial charge < -0.3 is 20.1 Å². The number of ether oxygens (including phenoxy) is 2. The van der Waals surface area contributed by atoms with Crippen molar-refractivity contribution < 1.29 is 19.1 Å². The number of carbonyl (C=O) groups is 2. The number of halogens is 1. The van der Waals surface area contributed by atoms with E-state index in [-0.39, 0.29) is 17.6 Å². The summed E-state index contributed by atoms with van der Waals surface area (Å²) in [7, 11) is 3.01. The van der Waals surface area contributed by atoms with Crippen LogP contribution in [-0.2, 0) is 9.59 Å². The highest BCUT2D eigenvalue weighted by molar-refractivity contribution is 8.00. The molecule has 0 aliphatic carbocycles. The molecular weight excluding hydrogens is 460 g/mol. The Morgan fingerprint density at radius 2 is 1.70 bits per heavy atom. The van der Waals surface area contributed by atoms with Gasteiger partial charge in [0.1, 0.15) is 11.5 Å². The van der Waals surface area contributed by atoms with Gasteiger partial charge in [-0.15, -0.1) is 11.8 Å². The number of anilines is 2. The summed E-state index contributed by atoms with van der Waals surface area (Å²) in [6, 6.07) is 20.1. The van der Waals surface area contributed by atoms with E-state index in [2.05, 4.69) is 10.6 Å². The molecule has 3 rings (SSSR count). The third kappa shape index (κ3) is 7.30. The quantitative estimate of drug-likeness (QED) is 0.300. The molecule has 0 saturated carbocycles. The molecule has 8 heteroatoms. The zero-order chi connectivity index (χ0) is 23.6. The van der Waals surface area contributed by atoms with Crippen molar-refractivity contribution in [1.82, 2.24) is 0 Å². The Morgan fingerprint density at radius 3 is 2.42 bits per heavy atom. The molecule has 0 aliphatic rings. The molecule has 0 unspecified atom stereocenters. The van der Waals surface area contributed by atoms with Crippen molar-refractivity contribution in [3.05, 3.63) is 83.4 Å². The largest absolute Gasteiger partial charge is 0.495 e. The number of hydrogen-bond acceptors (Lipinski definition) is 5. The van der Waals surface area contributed by atoms with E-state index in [0.29, 0.717) is 27.9 Å². The second-order valence-corrected chi connectivity index (χ2v) is 8.24. The third-order valence-corrected chi connectivity index (χ3v) is 5.74. The van der Waals surface area contributed by atoms with Crippen LogP contribution in [-0.4, -0.2) is 31.8 Å². The SMILES string of the molecule is COc1cc(OC)c(NC(=O)CSc2cccc(NC(=O)/C=C/c3ccccc3)c2)cc1Cl. The summed E-state index contributed by atoms with van der Waals surface area (Å²) in [6.45, 7) is 0. The molecule has 3 aromatic carbocycles. The molecule has 33 heavy (non-hydrogen) atoms. The lowest BCUT2D eigenvalue weighted by Crippen LogP contribution is -2.15. The van der Waals surface area contributed by atoms with Gasteiger partial charge in [0.25, 0.3) is 0 Å². The summed E-state index contributed by atoms with van der Waals surface area (Å²) >= 11 is 7.50. The molecule has 0 bridgehead atoms. The van der Waals surface area contributed by atoms with Gasteiger partial charge in [0.05, 0.1) is 30.7 Å². The summed E-state index contributed by atoms with van der Waals surface area (Å²) in [5.41, 5.74) is 2.05. The molecule has 0 saturated heterocycles. The number of thioether (sulfide) groups is 1. The molecule has 2 N–H and O–H groups in total. The van der Waals surface area contributed by atoms with Crippen molar-refractivity contribution in [2.45, 2.75) is 4.90 Å². The summed E-state index contributed by atoms with van der Waals surface area (Å²) in [5, 5.41) is 6.00. The highest BCUT2D eigenvalue weighted by atomic mass is 35.5. The Morgan fingerprint density at radius 1 is 0.939 bits per heavy atom. The predicted molar refractivity (Wildman–Crippen MR) is 134 cm³/mol. The van der Waals surface area contributed by atoms with Gasteiger partial charge in [-0.25, -0.2) is 0 Å². The molecular formula is C25H23ClN2O4S. The standard InChI is InChI=1S/C25H23ClN2O4S/c1-31-22-15-23(32-2)21(14-20(22)26)28-25(30)16-33-19-10-6-9-18(13-19)27-24(29)12-11-17-7-4-3-5-8-17/h3-15H,16H2,1-2H3,(H,27,29)(H,28,30)/b12-11+. The molecule has 0 spiro atoms. The monoisotopic (exact) mass is 482 g/mol. The van der Waals surface area contributed by atoms with Crippen molar-refractivity contribution in [3.8, 4) is 11.5 Å². The van der Waals surface area contributed by atoms with Gasteiger partial charge in [0.2, 0.25) is 11.8 Å². The average molecular weight is 483 g/mol. The maximum Gasteiger partial charge on any atom is 0.248 e. The summed E-state index contributed by atoms with van der Waals surface area (Å²) < 4.78 is 10.5. The second kappa shape index (κ2) is 12.0. The van der Waals surface area contributed by atoms with Crippen LogP contribution in [0.25, 0.3) is 6.08 Å². The summed E-state index contributed by atoms with van der Waals surface area (Å²) in [5.74, 6) is 0.612. The smallest absolute Gasteiger partial charge is 0.248 e. The maximum atomic E-state index is 12.5. The van der Waals surface area contributed by atoms with Crippen LogP contribution in [0.5, 0.6) is 11.5 Å². The van der Waals surface area contributed by atoms with Gasteiger partial charge in [-0.3, -0.25) is 9.59 Å². The summed E-state index contributed by atoms with van der Waals surface area (Å²) in [6.07, 6.45) is 3.23. The molecule has 0 fully saturated rings. The molecule has 0 atom stereocenters. The van der Waals surface area contributed by atoms with Gasteiger partial charge in [-0.1, -0.05) is 48.0 Å².